The number of imidazole rings is 1. The van der Waals surface area contributed by atoms with Gasteiger partial charge in [0.15, 0.2) is 17.1 Å². The van der Waals surface area contributed by atoms with Crippen LogP contribution in [0.4, 0.5) is 23.8 Å². The van der Waals surface area contributed by atoms with Gasteiger partial charge in [-0.05, 0) is 57.2 Å². The lowest BCUT2D eigenvalue weighted by Gasteiger charge is -2.33. The summed E-state index contributed by atoms with van der Waals surface area (Å²) in [5.41, 5.74) is 6.08. The summed E-state index contributed by atoms with van der Waals surface area (Å²) in [4.78, 5) is 22.0. The number of aromatic nitrogens is 4. The number of likely N-dealkylation sites (tertiary alicyclic amines) is 1. The number of rotatable bonds is 5. The van der Waals surface area contributed by atoms with Crippen LogP contribution in [-0.4, -0.2) is 62.5 Å². The molecule has 4 aromatic rings. The quantitative estimate of drug-likeness (QED) is 0.311. The van der Waals surface area contributed by atoms with E-state index < -0.39 is 23.2 Å². The van der Waals surface area contributed by atoms with Crippen LogP contribution in [0.2, 0.25) is 0 Å². The number of pyridine rings is 1. The molecule has 10 nitrogen and oxygen atoms in total. The SMILES string of the molecule is COc1cc(-c2ccc3ncc(-c4cnc(N)c(C(F)(F)F)c4)n3n2)ccc1OC1CCN(C(=O)OC(C)(C)C)CC1. The van der Waals surface area contributed by atoms with E-state index in [1.165, 1.54) is 24.0 Å². The van der Waals surface area contributed by atoms with E-state index in [1.807, 2.05) is 26.8 Å². The summed E-state index contributed by atoms with van der Waals surface area (Å²) < 4.78 is 59.0. The number of nitrogens with zero attached hydrogens (tertiary/aromatic N) is 5. The number of benzene rings is 1. The lowest BCUT2D eigenvalue weighted by molar-refractivity contribution is -0.137. The predicted molar refractivity (Wildman–Crippen MR) is 149 cm³/mol. The number of alkyl halides is 3. The Bertz CT molecular complexity index is 1610. The zero-order valence-corrected chi connectivity index (χ0v) is 23.6. The normalized spacial score (nSPS) is 14.7. The van der Waals surface area contributed by atoms with E-state index in [2.05, 4.69) is 15.1 Å². The van der Waals surface area contributed by atoms with E-state index in [9.17, 15) is 18.0 Å². The van der Waals surface area contributed by atoms with Crippen molar-refractivity contribution in [3.8, 4) is 34.0 Å². The molecule has 1 aliphatic rings. The van der Waals surface area contributed by atoms with Gasteiger partial charge >= 0.3 is 12.3 Å². The number of hydrogen-bond acceptors (Lipinski definition) is 8. The third-order valence-electron chi connectivity index (χ3n) is 6.73. The Morgan fingerprint density at radius 3 is 2.38 bits per heavy atom. The monoisotopic (exact) mass is 584 g/mol. The molecule has 0 bridgehead atoms. The van der Waals surface area contributed by atoms with Crippen molar-refractivity contribution in [3.05, 3.63) is 54.4 Å². The number of halogens is 3. The zero-order chi connectivity index (χ0) is 30.2. The molecule has 222 valence electrons. The number of ether oxygens (including phenoxy) is 3. The fraction of sp³-hybridized carbons (Fsp3) is 0.379. The van der Waals surface area contributed by atoms with Crippen molar-refractivity contribution in [2.24, 2.45) is 0 Å². The molecule has 1 saturated heterocycles. The number of amides is 1. The molecule has 5 rings (SSSR count). The molecule has 0 unspecified atom stereocenters. The largest absolute Gasteiger partial charge is 0.493 e. The Hall–Kier alpha value is -4.55. The lowest BCUT2D eigenvalue weighted by atomic mass is 10.1. The minimum atomic E-state index is -4.65. The molecule has 42 heavy (non-hydrogen) atoms. The van der Waals surface area contributed by atoms with Gasteiger partial charge in [0.1, 0.15) is 17.5 Å². The van der Waals surface area contributed by atoms with Crippen LogP contribution in [0.15, 0.2) is 48.8 Å². The van der Waals surface area contributed by atoms with E-state index in [0.29, 0.717) is 60.0 Å². The van der Waals surface area contributed by atoms with Crippen LogP contribution in [0.1, 0.15) is 39.2 Å². The molecule has 1 aliphatic heterocycles. The summed E-state index contributed by atoms with van der Waals surface area (Å²) in [6.07, 6.45) is -1.12. The maximum atomic E-state index is 13.4. The van der Waals surface area contributed by atoms with Crippen molar-refractivity contribution < 1.29 is 32.2 Å². The van der Waals surface area contributed by atoms with E-state index >= 15 is 0 Å². The van der Waals surface area contributed by atoms with Crippen molar-refractivity contribution in [2.45, 2.75) is 51.5 Å². The van der Waals surface area contributed by atoms with Gasteiger partial charge in [0.2, 0.25) is 0 Å². The maximum Gasteiger partial charge on any atom is 0.419 e. The molecule has 0 atom stereocenters. The van der Waals surface area contributed by atoms with Crippen molar-refractivity contribution >= 4 is 17.6 Å². The van der Waals surface area contributed by atoms with Gasteiger partial charge in [-0.15, -0.1) is 0 Å². The average molecular weight is 585 g/mol. The van der Waals surface area contributed by atoms with E-state index in [0.717, 1.165) is 6.07 Å². The topological polar surface area (TPSA) is 117 Å². The van der Waals surface area contributed by atoms with Crippen LogP contribution in [0, 0.1) is 0 Å². The Morgan fingerprint density at radius 1 is 0.976 bits per heavy atom. The standard InChI is InChI=1S/C29H31F3N6O4/c1-28(2,3)42-27(39)37-11-9-19(10-12-37)41-23-7-5-17(14-24(23)40-4)21-6-8-25-34-16-22(38(25)36-21)18-13-20(29(30,31)32)26(33)35-15-18/h5-8,13-16,19H,9-12H2,1-4H3,(H2,33,35). The maximum absolute atomic E-state index is 13.4. The number of methoxy groups -OCH3 is 1. The highest BCUT2D eigenvalue weighted by molar-refractivity contribution is 5.69. The van der Waals surface area contributed by atoms with Gasteiger partial charge in [-0.3, -0.25) is 0 Å². The molecule has 3 aromatic heterocycles. The Kier molecular flexibility index (Phi) is 7.60. The van der Waals surface area contributed by atoms with Crippen molar-refractivity contribution in [1.29, 1.82) is 0 Å². The number of carbonyl (C=O) groups excluding carboxylic acids is 1. The average Bonchev–Trinajstić information content (AvgIpc) is 3.36. The van der Waals surface area contributed by atoms with Crippen LogP contribution >= 0.6 is 0 Å². The Morgan fingerprint density at radius 2 is 1.71 bits per heavy atom. The number of nitrogen functional groups attached to an aromatic ring is 1. The summed E-state index contributed by atoms with van der Waals surface area (Å²) >= 11 is 0. The smallest absolute Gasteiger partial charge is 0.419 e. The first-order valence-electron chi connectivity index (χ1n) is 13.3. The first-order chi connectivity index (χ1) is 19.8. The molecule has 1 amide bonds. The van der Waals surface area contributed by atoms with Gasteiger partial charge in [0.25, 0.3) is 0 Å². The van der Waals surface area contributed by atoms with Crippen molar-refractivity contribution in [3.63, 3.8) is 0 Å². The molecule has 0 radical (unpaired) electrons. The fourth-order valence-electron chi connectivity index (χ4n) is 4.65. The van der Waals surface area contributed by atoms with Gasteiger partial charge in [-0.2, -0.15) is 18.3 Å². The van der Waals surface area contributed by atoms with Crippen LogP contribution in [-0.2, 0) is 10.9 Å². The second-order valence-electron chi connectivity index (χ2n) is 10.9. The summed E-state index contributed by atoms with van der Waals surface area (Å²) in [5, 5.41) is 4.64. The number of fused-ring (bicyclic) bond motifs is 1. The third-order valence-corrected chi connectivity index (χ3v) is 6.73. The minimum absolute atomic E-state index is 0.110. The van der Waals surface area contributed by atoms with E-state index in [-0.39, 0.29) is 17.8 Å². The molecule has 1 fully saturated rings. The fourth-order valence-corrected chi connectivity index (χ4v) is 4.65. The molecule has 1 aromatic carbocycles. The first kappa shape index (κ1) is 29.0. The predicted octanol–water partition coefficient (Wildman–Crippen LogP) is 5.85. The van der Waals surface area contributed by atoms with E-state index in [4.69, 9.17) is 19.9 Å². The molecular weight excluding hydrogens is 553 g/mol. The number of piperidine rings is 1. The third kappa shape index (κ3) is 6.19. The molecule has 0 aliphatic carbocycles. The Labute approximate surface area is 240 Å². The summed E-state index contributed by atoms with van der Waals surface area (Å²) in [6.45, 7) is 6.55. The highest BCUT2D eigenvalue weighted by Gasteiger charge is 2.34. The lowest BCUT2D eigenvalue weighted by Crippen LogP contribution is -2.44. The summed E-state index contributed by atoms with van der Waals surface area (Å²) in [6, 6.07) is 9.81. The van der Waals surface area contributed by atoms with Gasteiger partial charge in [0.05, 0.1) is 30.3 Å². The number of carbonyl (C=O) groups is 1. The molecule has 4 heterocycles. The number of hydrogen-bond donors (Lipinski definition) is 1. The minimum Gasteiger partial charge on any atom is -0.493 e. The number of anilines is 1. The zero-order valence-electron chi connectivity index (χ0n) is 23.6. The summed E-state index contributed by atoms with van der Waals surface area (Å²) in [7, 11) is 1.54. The van der Waals surface area contributed by atoms with Crippen LogP contribution in [0.5, 0.6) is 11.5 Å². The highest BCUT2D eigenvalue weighted by Crippen LogP contribution is 2.36. The summed E-state index contributed by atoms with van der Waals surface area (Å²) in [5.74, 6) is 0.443. The van der Waals surface area contributed by atoms with Crippen molar-refractivity contribution in [1.82, 2.24) is 24.5 Å². The molecule has 0 saturated carbocycles. The van der Waals surface area contributed by atoms with Gasteiger partial charge in [-0.1, -0.05) is 0 Å². The van der Waals surface area contributed by atoms with E-state index in [1.54, 1.807) is 29.2 Å². The van der Waals surface area contributed by atoms with Crippen molar-refractivity contribution in [2.75, 3.05) is 25.9 Å². The molecular formula is C29H31F3N6O4. The first-order valence-corrected chi connectivity index (χ1v) is 13.3. The van der Waals surface area contributed by atoms with Gasteiger partial charge < -0.3 is 24.8 Å². The van der Waals surface area contributed by atoms with Crippen LogP contribution < -0.4 is 15.2 Å². The molecule has 13 heteroatoms. The molecule has 2 N–H and O–H groups in total. The van der Waals surface area contributed by atoms with Gasteiger partial charge in [-0.25, -0.2) is 19.3 Å². The molecule has 0 spiro atoms. The highest BCUT2D eigenvalue weighted by atomic mass is 19.4. The Balaban J connectivity index is 1.35. The number of nitrogens with two attached hydrogens (primary N) is 1. The second kappa shape index (κ2) is 11.0. The second-order valence-corrected chi connectivity index (χ2v) is 10.9. The van der Waals surface area contributed by atoms with Crippen LogP contribution in [0.25, 0.3) is 28.2 Å². The van der Waals surface area contributed by atoms with Crippen LogP contribution in [0.3, 0.4) is 0 Å². The van der Waals surface area contributed by atoms with Gasteiger partial charge in [0, 0.05) is 43.3 Å².